The fraction of sp³-hybridized carbons (Fsp3) is 0. The van der Waals surface area contributed by atoms with Crippen molar-refractivity contribution in [2.45, 2.75) is 0 Å². The van der Waals surface area contributed by atoms with Crippen LogP contribution in [0.2, 0.25) is 0 Å². The number of hydrogen-bond acceptors (Lipinski definition) is 3. The van der Waals surface area contributed by atoms with Gasteiger partial charge in [-0.1, -0.05) is 30.3 Å². The highest BCUT2D eigenvalue weighted by atomic mass is 16.5. The zero-order valence-electron chi connectivity index (χ0n) is 11.1. The number of fused-ring (bicyclic) bond motifs is 1. The van der Waals surface area contributed by atoms with Gasteiger partial charge in [-0.15, -0.1) is 0 Å². The number of carboxylic acids is 1. The van der Waals surface area contributed by atoms with E-state index in [0.717, 1.165) is 10.8 Å². The van der Waals surface area contributed by atoms with Gasteiger partial charge in [-0.25, -0.2) is 4.79 Å². The Morgan fingerprint density at radius 1 is 0.905 bits per heavy atom. The van der Waals surface area contributed by atoms with Crippen molar-refractivity contribution in [2.75, 3.05) is 5.73 Å². The van der Waals surface area contributed by atoms with E-state index in [-0.39, 0.29) is 11.3 Å². The molecule has 0 heterocycles. The first-order valence-electron chi connectivity index (χ1n) is 6.43. The maximum atomic E-state index is 11.1. The minimum Gasteiger partial charge on any atom is -0.478 e. The van der Waals surface area contributed by atoms with E-state index >= 15 is 0 Å². The summed E-state index contributed by atoms with van der Waals surface area (Å²) in [6.07, 6.45) is 0. The maximum absolute atomic E-state index is 11.1. The van der Waals surface area contributed by atoms with E-state index in [4.69, 9.17) is 15.6 Å². The second kappa shape index (κ2) is 5.17. The molecule has 0 aliphatic carbocycles. The third-order valence-electron chi connectivity index (χ3n) is 3.21. The lowest BCUT2D eigenvalue weighted by Crippen LogP contribution is -2.02. The van der Waals surface area contributed by atoms with E-state index in [1.165, 1.54) is 12.1 Å². The van der Waals surface area contributed by atoms with Crippen molar-refractivity contribution in [3.8, 4) is 11.5 Å². The maximum Gasteiger partial charge on any atom is 0.337 e. The van der Waals surface area contributed by atoms with Gasteiger partial charge in [0.15, 0.2) is 0 Å². The van der Waals surface area contributed by atoms with Crippen LogP contribution in [0.4, 0.5) is 5.69 Å². The summed E-state index contributed by atoms with van der Waals surface area (Å²) in [5, 5.41) is 11.2. The minimum absolute atomic E-state index is 0.0355. The Balaban J connectivity index is 1.94. The molecule has 0 saturated heterocycles. The predicted molar refractivity (Wildman–Crippen MR) is 81.8 cm³/mol. The smallest absolute Gasteiger partial charge is 0.337 e. The zero-order valence-corrected chi connectivity index (χ0v) is 11.1. The molecule has 0 bridgehead atoms. The normalized spacial score (nSPS) is 10.5. The fourth-order valence-electron chi connectivity index (χ4n) is 2.15. The number of ether oxygens (including phenoxy) is 1. The van der Waals surface area contributed by atoms with Crippen LogP contribution in [-0.4, -0.2) is 11.1 Å². The topological polar surface area (TPSA) is 72.5 Å². The van der Waals surface area contributed by atoms with Gasteiger partial charge in [0.25, 0.3) is 0 Å². The molecule has 21 heavy (non-hydrogen) atoms. The predicted octanol–water partition coefficient (Wildman–Crippen LogP) is 3.91. The average Bonchev–Trinajstić information content (AvgIpc) is 2.49. The van der Waals surface area contributed by atoms with Crippen molar-refractivity contribution < 1.29 is 14.6 Å². The van der Waals surface area contributed by atoms with Crippen LogP contribution in [0.25, 0.3) is 10.8 Å². The van der Waals surface area contributed by atoms with E-state index in [1.807, 2.05) is 42.5 Å². The molecule has 3 N–H and O–H groups in total. The van der Waals surface area contributed by atoms with Crippen LogP contribution in [0, 0.1) is 0 Å². The van der Waals surface area contributed by atoms with Crippen molar-refractivity contribution in [1.82, 2.24) is 0 Å². The van der Waals surface area contributed by atoms with Gasteiger partial charge in [-0.3, -0.25) is 0 Å². The van der Waals surface area contributed by atoms with Crippen LogP contribution in [0.3, 0.4) is 0 Å². The number of anilines is 1. The summed E-state index contributed by atoms with van der Waals surface area (Å²) < 4.78 is 5.71. The Hall–Kier alpha value is -3.01. The zero-order chi connectivity index (χ0) is 14.8. The molecule has 0 fully saturated rings. The Labute approximate surface area is 121 Å². The van der Waals surface area contributed by atoms with E-state index < -0.39 is 5.97 Å². The molecule has 0 saturated carbocycles. The van der Waals surface area contributed by atoms with E-state index in [1.54, 1.807) is 6.07 Å². The fourth-order valence-corrected chi connectivity index (χ4v) is 2.15. The number of carboxylic acid groups (broad SMARTS) is 1. The highest BCUT2D eigenvalue weighted by molar-refractivity contribution is 5.94. The largest absolute Gasteiger partial charge is 0.478 e. The van der Waals surface area contributed by atoms with Crippen molar-refractivity contribution in [1.29, 1.82) is 0 Å². The van der Waals surface area contributed by atoms with Gasteiger partial charge < -0.3 is 15.6 Å². The lowest BCUT2D eigenvalue weighted by atomic mass is 10.1. The number of hydrogen-bond donors (Lipinski definition) is 2. The molecule has 0 unspecified atom stereocenters. The third-order valence-corrected chi connectivity index (χ3v) is 3.21. The standard InChI is InChI=1S/C17H13NO3/c18-16-8-7-14(10-15(16)17(19)20)21-13-6-5-11-3-1-2-4-12(11)9-13/h1-10H,18H2,(H,19,20). The third kappa shape index (κ3) is 2.65. The van der Waals surface area contributed by atoms with Gasteiger partial charge in [-0.2, -0.15) is 0 Å². The van der Waals surface area contributed by atoms with Crippen LogP contribution in [0.1, 0.15) is 10.4 Å². The molecule has 4 nitrogen and oxygen atoms in total. The first-order chi connectivity index (χ1) is 10.1. The van der Waals surface area contributed by atoms with Crippen LogP contribution in [0.15, 0.2) is 60.7 Å². The lowest BCUT2D eigenvalue weighted by Gasteiger charge is -2.09. The lowest BCUT2D eigenvalue weighted by molar-refractivity contribution is 0.0697. The highest BCUT2D eigenvalue weighted by Crippen LogP contribution is 2.27. The molecule has 104 valence electrons. The quantitative estimate of drug-likeness (QED) is 0.713. The average molecular weight is 279 g/mol. The van der Waals surface area contributed by atoms with Crippen molar-refractivity contribution in [2.24, 2.45) is 0 Å². The summed E-state index contributed by atoms with van der Waals surface area (Å²) in [7, 11) is 0. The van der Waals surface area contributed by atoms with Crippen molar-refractivity contribution in [3.05, 3.63) is 66.2 Å². The van der Waals surface area contributed by atoms with Gasteiger partial charge in [-0.05, 0) is 41.1 Å². The Bertz CT molecular complexity index is 827. The van der Waals surface area contributed by atoms with E-state index in [2.05, 4.69) is 0 Å². The van der Waals surface area contributed by atoms with Gasteiger partial charge in [0.05, 0.1) is 5.56 Å². The van der Waals surface area contributed by atoms with Crippen LogP contribution >= 0.6 is 0 Å². The molecule has 0 spiro atoms. The van der Waals surface area contributed by atoms with Gasteiger partial charge in [0.2, 0.25) is 0 Å². The minimum atomic E-state index is -1.07. The number of nitrogen functional groups attached to an aromatic ring is 1. The summed E-state index contributed by atoms with van der Waals surface area (Å²) in [6, 6.07) is 18.3. The molecule has 0 aromatic heterocycles. The molecular weight excluding hydrogens is 266 g/mol. The number of aromatic carboxylic acids is 1. The Morgan fingerprint density at radius 3 is 2.33 bits per heavy atom. The summed E-state index contributed by atoms with van der Waals surface area (Å²) in [5.41, 5.74) is 5.87. The number of rotatable bonds is 3. The van der Waals surface area contributed by atoms with Gasteiger partial charge in [0, 0.05) is 5.69 Å². The first kappa shape index (κ1) is 13.0. The molecule has 0 radical (unpaired) electrons. The summed E-state index contributed by atoms with van der Waals surface area (Å²) in [4.78, 5) is 11.1. The summed E-state index contributed by atoms with van der Waals surface area (Å²) in [5.74, 6) is 0.0168. The van der Waals surface area contributed by atoms with Gasteiger partial charge in [0.1, 0.15) is 11.5 Å². The molecule has 3 rings (SSSR count). The molecule has 0 aliphatic heterocycles. The molecule has 3 aromatic rings. The summed E-state index contributed by atoms with van der Waals surface area (Å²) in [6.45, 7) is 0. The van der Waals surface area contributed by atoms with Crippen molar-refractivity contribution >= 4 is 22.4 Å². The molecule has 3 aromatic carbocycles. The van der Waals surface area contributed by atoms with Crippen LogP contribution in [-0.2, 0) is 0 Å². The Morgan fingerprint density at radius 2 is 1.57 bits per heavy atom. The second-order valence-electron chi connectivity index (χ2n) is 4.67. The number of nitrogens with two attached hydrogens (primary N) is 1. The monoisotopic (exact) mass is 279 g/mol. The highest BCUT2D eigenvalue weighted by Gasteiger charge is 2.09. The number of carbonyl (C=O) groups is 1. The Kier molecular flexibility index (Phi) is 3.20. The molecular formula is C17H13NO3. The van der Waals surface area contributed by atoms with E-state index in [0.29, 0.717) is 11.5 Å². The van der Waals surface area contributed by atoms with Crippen LogP contribution in [0.5, 0.6) is 11.5 Å². The molecule has 0 amide bonds. The molecule has 0 aliphatic rings. The summed E-state index contributed by atoms with van der Waals surface area (Å²) >= 11 is 0. The molecule has 4 heteroatoms. The van der Waals surface area contributed by atoms with Crippen molar-refractivity contribution in [3.63, 3.8) is 0 Å². The second-order valence-corrected chi connectivity index (χ2v) is 4.67. The number of benzene rings is 3. The van der Waals surface area contributed by atoms with Gasteiger partial charge >= 0.3 is 5.97 Å². The molecule has 0 atom stereocenters. The van der Waals surface area contributed by atoms with E-state index in [9.17, 15) is 4.79 Å². The van der Waals surface area contributed by atoms with Crippen LogP contribution < -0.4 is 10.5 Å². The first-order valence-corrected chi connectivity index (χ1v) is 6.43. The SMILES string of the molecule is Nc1ccc(Oc2ccc3ccccc3c2)cc1C(=O)O.